The number of rotatable bonds is 1. The van der Waals surface area contributed by atoms with Crippen molar-refractivity contribution in [1.29, 1.82) is 0 Å². The Hall–Kier alpha value is -2.12. The van der Waals surface area contributed by atoms with Gasteiger partial charge >= 0.3 is 0 Å². The number of nitrogens with zero attached hydrogens (tertiary/aromatic N) is 2. The summed E-state index contributed by atoms with van der Waals surface area (Å²) in [5, 5.41) is 0. The minimum absolute atomic E-state index is 0.150. The number of carbonyl (C=O) groups is 2. The van der Waals surface area contributed by atoms with Crippen molar-refractivity contribution in [3.63, 3.8) is 0 Å². The quantitative estimate of drug-likeness (QED) is 0.724. The van der Waals surface area contributed by atoms with Gasteiger partial charge in [-0.15, -0.1) is 0 Å². The van der Waals surface area contributed by atoms with Gasteiger partial charge in [-0.3, -0.25) is 9.59 Å². The molecule has 136 valence electrons. The van der Waals surface area contributed by atoms with Crippen LogP contribution in [0.25, 0.3) is 0 Å². The molecule has 0 aliphatic carbocycles. The first-order valence-electron chi connectivity index (χ1n) is 7.93. The number of hydrogen-bond donors (Lipinski definition) is 0. The summed E-state index contributed by atoms with van der Waals surface area (Å²) in [5.74, 6) is -6.78. The number of halogens is 4. The van der Waals surface area contributed by atoms with E-state index in [1.54, 1.807) is 0 Å². The fourth-order valence-electron chi connectivity index (χ4n) is 3.80. The van der Waals surface area contributed by atoms with Crippen LogP contribution in [0.1, 0.15) is 28.8 Å². The molecule has 2 aliphatic heterocycles. The summed E-state index contributed by atoms with van der Waals surface area (Å²) in [6, 6.07) is 1.57. The van der Waals surface area contributed by atoms with Crippen LogP contribution in [-0.2, 0) is 4.79 Å². The minimum Gasteiger partial charge on any atom is -0.345 e. The summed E-state index contributed by atoms with van der Waals surface area (Å²) < 4.78 is 55.3. The summed E-state index contributed by atoms with van der Waals surface area (Å²) in [4.78, 5) is 27.3. The predicted molar refractivity (Wildman–Crippen MR) is 81.2 cm³/mol. The Balaban J connectivity index is 1.95. The average Bonchev–Trinajstić information content (AvgIpc) is 2.77. The lowest BCUT2D eigenvalue weighted by Gasteiger charge is -2.42. The molecule has 8 heteroatoms. The predicted octanol–water partition coefficient (Wildman–Crippen LogP) is 2.60. The summed E-state index contributed by atoms with van der Waals surface area (Å²) in [6.07, 6.45) is -0.373. The maximum atomic E-state index is 14.3. The zero-order valence-corrected chi connectivity index (χ0v) is 13.9. The van der Waals surface area contributed by atoms with Gasteiger partial charge < -0.3 is 9.80 Å². The number of benzene rings is 1. The first-order chi connectivity index (χ1) is 11.5. The number of hydrogen-bond acceptors (Lipinski definition) is 2. The second-order valence-corrected chi connectivity index (χ2v) is 7.03. The van der Waals surface area contributed by atoms with E-state index in [2.05, 4.69) is 0 Å². The lowest BCUT2D eigenvalue weighted by Crippen LogP contribution is -2.57. The van der Waals surface area contributed by atoms with Gasteiger partial charge in [-0.25, -0.2) is 17.6 Å². The molecule has 1 aromatic carbocycles. The van der Waals surface area contributed by atoms with Gasteiger partial charge in [0.15, 0.2) is 11.6 Å². The normalized spacial score (nSPS) is 25.8. The van der Waals surface area contributed by atoms with Crippen molar-refractivity contribution in [2.75, 3.05) is 26.7 Å². The van der Waals surface area contributed by atoms with Crippen molar-refractivity contribution in [2.24, 2.45) is 5.41 Å². The van der Waals surface area contributed by atoms with Gasteiger partial charge in [0.05, 0.1) is 12.0 Å². The highest BCUT2D eigenvalue weighted by Crippen LogP contribution is 2.45. The SMILES string of the molecule is Cc1cc(F)c(F)cc1C(=O)N1CC(F)(F)C[C@]2(CCN(C)C2=O)C1. The molecule has 0 unspecified atom stereocenters. The third-order valence-corrected chi connectivity index (χ3v) is 5.02. The third kappa shape index (κ3) is 2.98. The molecule has 2 fully saturated rings. The topological polar surface area (TPSA) is 40.6 Å². The van der Waals surface area contributed by atoms with Crippen LogP contribution in [0.15, 0.2) is 12.1 Å². The molecule has 2 amide bonds. The summed E-state index contributed by atoms with van der Waals surface area (Å²) in [5.41, 5.74) is -1.34. The zero-order chi connectivity index (χ0) is 18.6. The Labute approximate surface area is 142 Å². The van der Waals surface area contributed by atoms with Crippen LogP contribution in [0, 0.1) is 24.0 Å². The molecule has 0 bridgehead atoms. The van der Waals surface area contributed by atoms with Crippen LogP contribution in [-0.4, -0.2) is 54.2 Å². The smallest absolute Gasteiger partial charge is 0.266 e. The molecular formula is C17H18F4N2O2. The van der Waals surface area contributed by atoms with E-state index in [1.807, 2.05) is 0 Å². The van der Waals surface area contributed by atoms with Crippen molar-refractivity contribution in [2.45, 2.75) is 25.7 Å². The molecule has 0 radical (unpaired) electrons. The number of amides is 2. The first-order valence-corrected chi connectivity index (χ1v) is 7.93. The van der Waals surface area contributed by atoms with Gasteiger partial charge in [-0.1, -0.05) is 0 Å². The summed E-state index contributed by atoms with van der Waals surface area (Å²) in [6.45, 7) is 0.759. The van der Waals surface area contributed by atoms with Gasteiger partial charge in [-0.05, 0) is 31.0 Å². The van der Waals surface area contributed by atoms with E-state index in [0.717, 1.165) is 17.0 Å². The molecule has 0 saturated carbocycles. The van der Waals surface area contributed by atoms with E-state index in [9.17, 15) is 27.2 Å². The highest BCUT2D eigenvalue weighted by molar-refractivity contribution is 5.96. The fraction of sp³-hybridized carbons (Fsp3) is 0.529. The zero-order valence-electron chi connectivity index (χ0n) is 13.9. The maximum Gasteiger partial charge on any atom is 0.266 e. The lowest BCUT2D eigenvalue weighted by atomic mass is 9.76. The monoisotopic (exact) mass is 358 g/mol. The average molecular weight is 358 g/mol. The summed E-state index contributed by atoms with van der Waals surface area (Å²) in [7, 11) is 1.54. The van der Waals surface area contributed by atoms with Crippen LogP contribution < -0.4 is 0 Å². The molecule has 25 heavy (non-hydrogen) atoms. The van der Waals surface area contributed by atoms with Crippen molar-refractivity contribution in [3.05, 3.63) is 34.9 Å². The minimum atomic E-state index is -3.22. The second kappa shape index (κ2) is 5.71. The number of aryl methyl sites for hydroxylation is 1. The molecular weight excluding hydrogens is 340 g/mol. The Morgan fingerprint density at radius 1 is 1.16 bits per heavy atom. The number of piperidine rings is 1. The Bertz CT molecular complexity index is 752. The number of likely N-dealkylation sites (tertiary alicyclic amines) is 2. The van der Waals surface area contributed by atoms with E-state index >= 15 is 0 Å². The molecule has 4 nitrogen and oxygen atoms in total. The van der Waals surface area contributed by atoms with E-state index in [4.69, 9.17) is 0 Å². The molecule has 0 N–H and O–H groups in total. The highest BCUT2D eigenvalue weighted by atomic mass is 19.3. The fourth-order valence-corrected chi connectivity index (χ4v) is 3.80. The van der Waals surface area contributed by atoms with Gasteiger partial charge in [0, 0.05) is 32.1 Å². The van der Waals surface area contributed by atoms with E-state index < -0.39 is 47.8 Å². The van der Waals surface area contributed by atoms with Crippen LogP contribution in [0.2, 0.25) is 0 Å². The standard InChI is InChI=1S/C17H18F4N2O2/c1-10-5-12(18)13(19)6-11(10)14(24)23-8-16(7-17(20,21)9-23)3-4-22(2)15(16)25/h5-6H,3-4,7-9H2,1-2H3/t16-/m1/s1. The highest BCUT2D eigenvalue weighted by Gasteiger charge is 2.57. The maximum absolute atomic E-state index is 14.3. The lowest BCUT2D eigenvalue weighted by molar-refractivity contribution is -0.150. The van der Waals surface area contributed by atoms with Crippen molar-refractivity contribution in [1.82, 2.24) is 9.80 Å². The molecule has 2 heterocycles. The van der Waals surface area contributed by atoms with Crippen LogP contribution >= 0.6 is 0 Å². The Morgan fingerprint density at radius 2 is 1.80 bits per heavy atom. The van der Waals surface area contributed by atoms with Crippen LogP contribution in [0.5, 0.6) is 0 Å². The van der Waals surface area contributed by atoms with Gasteiger partial charge in [0.25, 0.3) is 11.8 Å². The van der Waals surface area contributed by atoms with Crippen LogP contribution in [0.3, 0.4) is 0 Å². The second-order valence-electron chi connectivity index (χ2n) is 7.03. The Kier molecular flexibility index (Phi) is 4.04. The van der Waals surface area contributed by atoms with E-state index in [0.29, 0.717) is 6.54 Å². The Morgan fingerprint density at radius 3 is 2.40 bits per heavy atom. The molecule has 0 aromatic heterocycles. The van der Waals surface area contributed by atoms with E-state index in [-0.39, 0.29) is 24.1 Å². The van der Waals surface area contributed by atoms with Crippen LogP contribution in [0.4, 0.5) is 17.6 Å². The largest absolute Gasteiger partial charge is 0.345 e. The van der Waals surface area contributed by atoms with Gasteiger partial charge in [-0.2, -0.15) is 0 Å². The molecule has 1 spiro atoms. The summed E-state index contributed by atoms with van der Waals surface area (Å²) >= 11 is 0. The van der Waals surface area contributed by atoms with Crippen molar-refractivity contribution < 1.29 is 27.2 Å². The van der Waals surface area contributed by atoms with E-state index in [1.165, 1.54) is 18.9 Å². The van der Waals surface area contributed by atoms with Gasteiger partial charge in [0.1, 0.15) is 0 Å². The molecule has 1 atom stereocenters. The number of alkyl halides is 2. The molecule has 1 aromatic rings. The van der Waals surface area contributed by atoms with Crippen molar-refractivity contribution in [3.8, 4) is 0 Å². The number of carbonyl (C=O) groups excluding carboxylic acids is 2. The third-order valence-electron chi connectivity index (χ3n) is 5.02. The molecule has 2 saturated heterocycles. The molecule has 2 aliphatic rings. The van der Waals surface area contributed by atoms with Crippen molar-refractivity contribution >= 4 is 11.8 Å². The molecule has 3 rings (SSSR count). The first kappa shape index (κ1) is 17.7. The van der Waals surface area contributed by atoms with Gasteiger partial charge in [0.2, 0.25) is 5.91 Å².